The van der Waals surface area contributed by atoms with Gasteiger partial charge in [0.05, 0.1) is 0 Å². The molecular weight excluding hydrogens is 235 g/mol. The maximum atomic E-state index is 10.5. The Morgan fingerprint density at radius 2 is 1.47 bits per heavy atom. The molecule has 0 spiro atoms. The minimum atomic E-state index is -3.89. The monoisotopic (exact) mass is 264 g/mol. The second kappa shape index (κ2) is 8.20. The molecule has 3 nitrogen and oxygen atoms in total. The Balaban J connectivity index is 4.36. The molecule has 4 heteroatoms. The van der Waals surface area contributed by atoms with E-state index in [0.29, 0.717) is 12.3 Å². The zero-order valence-corrected chi connectivity index (χ0v) is 12.3. The van der Waals surface area contributed by atoms with Crippen LogP contribution in [0, 0.1) is 0 Å². The third-order valence-corrected chi connectivity index (χ3v) is 6.09. The van der Waals surface area contributed by atoms with Crippen LogP contribution in [-0.2, 0) is 4.52 Å². The van der Waals surface area contributed by atoms with Gasteiger partial charge in [-0.15, -0.1) is 0 Å². The van der Waals surface area contributed by atoms with Crippen molar-refractivity contribution in [1.82, 2.24) is 0 Å². The minimum absolute atomic E-state index is 0.225. The fourth-order valence-electron chi connectivity index (χ4n) is 1.82. The average molecular weight is 264 g/mol. The summed E-state index contributed by atoms with van der Waals surface area (Å²) in [7, 11) is -3.89. The molecule has 0 saturated carbocycles. The van der Waals surface area contributed by atoms with E-state index in [0.717, 1.165) is 38.5 Å². The summed E-state index contributed by atoms with van der Waals surface area (Å²) in [5.74, 6) is 0. The van der Waals surface area contributed by atoms with Crippen LogP contribution < -0.4 is 0 Å². The van der Waals surface area contributed by atoms with Gasteiger partial charge in [-0.2, -0.15) is 0 Å². The Kier molecular flexibility index (Phi) is 8.23. The Hall–Kier alpha value is 0.0500. The summed E-state index contributed by atoms with van der Waals surface area (Å²) in [6.45, 7) is 7.99. The second-order valence-electron chi connectivity index (χ2n) is 4.75. The van der Waals surface area contributed by atoms with Gasteiger partial charge < -0.3 is 0 Å². The Morgan fingerprint density at radius 3 is 1.82 bits per heavy atom. The third kappa shape index (κ3) is 7.88. The van der Waals surface area contributed by atoms with E-state index in [9.17, 15) is 9.79 Å². The van der Waals surface area contributed by atoms with Crippen LogP contribution in [0.5, 0.6) is 0 Å². The molecule has 0 bridgehead atoms. The molecule has 0 aromatic rings. The van der Waals surface area contributed by atoms with E-state index in [1.807, 2.05) is 0 Å². The molecule has 0 aromatic carbocycles. The molecule has 0 aliphatic rings. The summed E-state index contributed by atoms with van der Waals surface area (Å²) in [6.07, 6.45) is 8.21. The van der Waals surface area contributed by atoms with Gasteiger partial charge in [0.15, 0.2) is 0 Å². The average Bonchev–Trinajstić information content (AvgIpc) is 2.28. The van der Waals surface area contributed by atoms with Gasteiger partial charge >= 0.3 is 106 Å². The zero-order valence-electron chi connectivity index (χ0n) is 11.4. The zero-order chi connectivity index (χ0) is 13.2. The normalized spacial score (nSPS) is 14.2. The molecule has 0 rings (SSSR count). The predicted octanol–water partition coefficient (Wildman–Crippen LogP) is 3.85. The van der Waals surface area contributed by atoms with Crippen LogP contribution in [0.25, 0.3) is 0 Å². The van der Waals surface area contributed by atoms with Crippen LogP contribution in [0.2, 0.25) is 0 Å². The number of hydrogen-bond acceptors (Lipinski definition) is 3. The van der Waals surface area contributed by atoms with Crippen LogP contribution in [0.4, 0.5) is 0 Å². The number of rotatable bonds is 11. The Bertz CT molecular complexity index is 203. The molecule has 0 radical (unpaired) electrons. The van der Waals surface area contributed by atoms with Crippen molar-refractivity contribution >= 4 is 7.28 Å². The second-order valence-corrected chi connectivity index (χ2v) is 8.50. The first kappa shape index (κ1) is 17.1. The Labute approximate surface area is 106 Å². The maximum absolute atomic E-state index is 10.5. The fourth-order valence-corrected chi connectivity index (χ4v) is 4.47. The van der Waals surface area contributed by atoms with Gasteiger partial charge in [-0.3, -0.25) is 0 Å². The molecule has 0 aliphatic carbocycles. The molecule has 0 unspecified atom stereocenters. The fraction of sp³-hybridized carbons (Fsp3) is 0.846. The summed E-state index contributed by atoms with van der Waals surface area (Å²) in [5, 5.41) is 0. The summed E-state index contributed by atoms with van der Waals surface area (Å²) in [6, 6.07) is 0. The van der Waals surface area contributed by atoms with E-state index in [2.05, 4.69) is 20.4 Å². The molecule has 0 heterocycles. The third-order valence-electron chi connectivity index (χ3n) is 2.91. The summed E-state index contributed by atoms with van der Waals surface area (Å²) < 4.78 is 5.38. The molecule has 0 aromatic heterocycles. The molecule has 17 heavy (non-hydrogen) atoms. The van der Waals surface area contributed by atoms with Gasteiger partial charge in [0.25, 0.3) is 0 Å². The molecular formula is C13H29O3P. The van der Waals surface area contributed by atoms with Crippen molar-refractivity contribution in [2.75, 3.05) is 18.9 Å². The van der Waals surface area contributed by atoms with Crippen molar-refractivity contribution in [3.05, 3.63) is 12.7 Å². The summed E-state index contributed by atoms with van der Waals surface area (Å²) >= 11 is 0. The molecule has 0 aliphatic heterocycles. The van der Waals surface area contributed by atoms with Crippen molar-refractivity contribution in [2.24, 2.45) is 0 Å². The van der Waals surface area contributed by atoms with Crippen LogP contribution in [0.15, 0.2) is 12.7 Å². The van der Waals surface area contributed by atoms with Crippen LogP contribution in [0.3, 0.4) is 0 Å². The molecule has 0 atom stereocenters. The first-order valence-electron chi connectivity index (χ1n) is 6.73. The SMILES string of the molecule is C=CCOP(O)(O)(CCCCC)CCCCC. The van der Waals surface area contributed by atoms with E-state index in [4.69, 9.17) is 4.52 Å². The Morgan fingerprint density at radius 1 is 1.00 bits per heavy atom. The van der Waals surface area contributed by atoms with Gasteiger partial charge in [-0.05, 0) is 0 Å². The van der Waals surface area contributed by atoms with Crippen molar-refractivity contribution < 1.29 is 14.3 Å². The standard InChI is InChI=1S/C13H29O3P/c1-4-7-9-12-17(14,15,16-11-6-3)13-10-8-5-2/h6,14-15H,3-5,7-13H2,1-2H3. The topological polar surface area (TPSA) is 49.7 Å². The van der Waals surface area contributed by atoms with Crippen LogP contribution >= 0.6 is 7.28 Å². The first-order valence-corrected chi connectivity index (χ1v) is 9.16. The van der Waals surface area contributed by atoms with Gasteiger partial charge in [-0.1, -0.05) is 0 Å². The van der Waals surface area contributed by atoms with E-state index >= 15 is 0 Å². The van der Waals surface area contributed by atoms with Crippen molar-refractivity contribution in [3.63, 3.8) is 0 Å². The van der Waals surface area contributed by atoms with E-state index in [1.54, 1.807) is 6.08 Å². The van der Waals surface area contributed by atoms with Gasteiger partial charge in [-0.25, -0.2) is 0 Å². The van der Waals surface area contributed by atoms with Crippen molar-refractivity contribution in [1.29, 1.82) is 0 Å². The predicted molar refractivity (Wildman–Crippen MR) is 76.3 cm³/mol. The van der Waals surface area contributed by atoms with Gasteiger partial charge in [0.1, 0.15) is 0 Å². The first-order chi connectivity index (χ1) is 7.96. The van der Waals surface area contributed by atoms with E-state index < -0.39 is 7.28 Å². The molecule has 0 amide bonds. The van der Waals surface area contributed by atoms with Crippen molar-refractivity contribution in [2.45, 2.75) is 52.4 Å². The molecule has 2 N–H and O–H groups in total. The van der Waals surface area contributed by atoms with Gasteiger partial charge in [0.2, 0.25) is 0 Å². The summed E-state index contributed by atoms with van der Waals surface area (Å²) in [4.78, 5) is 21.0. The molecule has 0 saturated heterocycles. The van der Waals surface area contributed by atoms with E-state index in [-0.39, 0.29) is 6.61 Å². The number of unbranched alkanes of at least 4 members (excludes halogenated alkanes) is 4. The van der Waals surface area contributed by atoms with Crippen LogP contribution in [-0.4, -0.2) is 28.7 Å². The summed E-state index contributed by atoms with van der Waals surface area (Å²) in [5.41, 5.74) is 0. The quantitative estimate of drug-likeness (QED) is 0.338. The molecule has 104 valence electrons. The van der Waals surface area contributed by atoms with Crippen LogP contribution in [0.1, 0.15) is 52.4 Å². The van der Waals surface area contributed by atoms with E-state index in [1.165, 1.54) is 0 Å². The molecule has 0 fully saturated rings. The number of hydrogen-bond donors (Lipinski definition) is 2. The van der Waals surface area contributed by atoms with Crippen molar-refractivity contribution in [3.8, 4) is 0 Å². The van der Waals surface area contributed by atoms with Gasteiger partial charge in [0, 0.05) is 0 Å².